The van der Waals surface area contributed by atoms with Crippen LogP contribution in [0.1, 0.15) is 19.3 Å². The zero-order valence-electron chi connectivity index (χ0n) is 12.0. The number of halogens is 3. The van der Waals surface area contributed by atoms with E-state index in [1.165, 1.54) is 14.2 Å². The molecule has 0 aromatic rings. The predicted octanol–water partition coefficient (Wildman–Crippen LogP) is 1.17. The molecule has 0 aliphatic heterocycles. The summed E-state index contributed by atoms with van der Waals surface area (Å²) in [5.74, 6) is -1.22. The van der Waals surface area contributed by atoms with Crippen LogP contribution in [0.5, 0.6) is 0 Å². The third-order valence-electron chi connectivity index (χ3n) is 2.59. The van der Waals surface area contributed by atoms with Gasteiger partial charge in [-0.05, 0) is 6.42 Å². The van der Waals surface area contributed by atoms with Crippen molar-refractivity contribution in [2.45, 2.75) is 25.4 Å². The van der Waals surface area contributed by atoms with Crippen LogP contribution in [0.15, 0.2) is 0 Å². The van der Waals surface area contributed by atoms with E-state index in [1.807, 2.05) is 0 Å². The SMILES string of the molecule is COCCN(CCC(=O)OC)S(=O)(=O)CCCC(F)(F)F. The maximum atomic E-state index is 12.0. The first-order valence-electron chi connectivity index (χ1n) is 6.22. The Morgan fingerprint density at radius 3 is 2.29 bits per heavy atom. The fourth-order valence-corrected chi connectivity index (χ4v) is 2.97. The first kappa shape index (κ1) is 20.1. The highest BCUT2D eigenvalue weighted by Crippen LogP contribution is 2.22. The number of esters is 1. The molecule has 0 fully saturated rings. The molecule has 0 saturated carbocycles. The van der Waals surface area contributed by atoms with E-state index < -0.39 is 40.8 Å². The zero-order valence-corrected chi connectivity index (χ0v) is 12.8. The van der Waals surface area contributed by atoms with Crippen molar-refractivity contribution in [2.75, 3.05) is 39.7 Å². The van der Waals surface area contributed by atoms with Crippen LogP contribution in [0.4, 0.5) is 13.2 Å². The number of alkyl halides is 3. The van der Waals surface area contributed by atoms with Gasteiger partial charge in [-0.2, -0.15) is 17.5 Å². The molecule has 21 heavy (non-hydrogen) atoms. The summed E-state index contributed by atoms with van der Waals surface area (Å²) in [5, 5.41) is 0. The van der Waals surface area contributed by atoms with Gasteiger partial charge >= 0.3 is 12.1 Å². The van der Waals surface area contributed by atoms with Gasteiger partial charge in [-0.15, -0.1) is 0 Å². The Labute approximate surface area is 122 Å². The molecule has 0 saturated heterocycles. The predicted molar refractivity (Wildman–Crippen MR) is 69.2 cm³/mol. The number of sulfonamides is 1. The van der Waals surface area contributed by atoms with E-state index in [0.717, 1.165) is 4.31 Å². The summed E-state index contributed by atoms with van der Waals surface area (Å²) in [4.78, 5) is 11.0. The summed E-state index contributed by atoms with van der Waals surface area (Å²) in [7, 11) is -1.34. The first-order valence-corrected chi connectivity index (χ1v) is 7.83. The zero-order chi connectivity index (χ0) is 16.5. The Hall–Kier alpha value is -0.870. The molecule has 0 aliphatic carbocycles. The molecule has 0 aromatic heterocycles. The average molecular weight is 335 g/mol. The van der Waals surface area contributed by atoms with Gasteiger partial charge in [0.25, 0.3) is 0 Å². The van der Waals surface area contributed by atoms with E-state index in [0.29, 0.717) is 0 Å². The molecule has 0 bridgehead atoms. The van der Waals surface area contributed by atoms with Gasteiger partial charge in [-0.1, -0.05) is 0 Å². The van der Waals surface area contributed by atoms with Crippen molar-refractivity contribution in [2.24, 2.45) is 0 Å². The Bertz CT molecular complexity index is 411. The highest BCUT2D eigenvalue weighted by molar-refractivity contribution is 7.89. The molecule has 0 aromatic carbocycles. The van der Waals surface area contributed by atoms with Gasteiger partial charge in [0, 0.05) is 26.6 Å². The quantitative estimate of drug-likeness (QED) is 0.560. The smallest absolute Gasteiger partial charge is 0.389 e. The molecule has 0 radical (unpaired) electrons. The van der Waals surface area contributed by atoms with Crippen LogP contribution in [0.2, 0.25) is 0 Å². The second-order valence-electron chi connectivity index (χ2n) is 4.25. The van der Waals surface area contributed by atoms with Crippen LogP contribution in [0, 0.1) is 0 Å². The fraction of sp³-hybridized carbons (Fsp3) is 0.909. The lowest BCUT2D eigenvalue weighted by molar-refractivity contribution is -0.140. The van der Waals surface area contributed by atoms with Crippen LogP contribution < -0.4 is 0 Å². The molecule has 0 aliphatic rings. The molecule has 0 amide bonds. The molecule has 0 atom stereocenters. The van der Waals surface area contributed by atoms with Crippen LogP contribution in [0.25, 0.3) is 0 Å². The first-order chi connectivity index (χ1) is 9.62. The Morgan fingerprint density at radius 2 is 1.81 bits per heavy atom. The molecule has 126 valence electrons. The lowest BCUT2D eigenvalue weighted by atomic mass is 10.3. The molecule has 0 N–H and O–H groups in total. The summed E-state index contributed by atoms with van der Waals surface area (Å²) < 4.78 is 70.2. The average Bonchev–Trinajstić information content (AvgIpc) is 2.36. The van der Waals surface area contributed by atoms with Crippen molar-refractivity contribution in [1.82, 2.24) is 4.31 Å². The van der Waals surface area contributed by atoms with Gasteiger partial charge in [0.05, 0.1) is 25.9 Å². The summed E-state index contributed by atoms with van der Waals surface area (Å²) in [6, 6.07) is 0. The highest BCUT2D eigenvalue weighted by Gasteiger charge is 2.29. The van der Waals surface area contributed by atoms with Crippen molar-refractivity contribution in [3.8, 4) is 0 Å². The molecule has 0 unspecified atom stereocenters. The minimum atomic E-state index is -4.39. The minimum absolute atomic E-state index is 0.0259. The van der Waals surface area contributed by atoms with Crippen LogP contribution >= 0.6 is 0 Å². The van der Waals surface area contributed by atoms with Crippen LogP contribution in [-0.2, 0) is 24.3 Å². The molecule has 0 spiro atoms. The van der Waals surface area contributed by atoms with E-state index in [9.17, 15) is 26.4 Å². The van der Waals surface area contributed by atoms with Gasteiger partial charge in [-0.3, -0.25) is 4.79 Å². The van der Waals surface area contributed by atoms with Gasteiger partial charge < -0.3 is 9.47 Å². The number of methoxy groups -OCH3 is 2. The van der Waals surface area contributed by atoms with Crippen molar-refractivity contribution in [3.05, 3.63) is 0 Å². The van der Waals surface area contributed by atoms with E-state index in [1.54, 1.807) is 0 Å². The second kappa shape index (κ2) is 9.21. The number of carbonyl (C=O) groups excluding carboxylic acids is 1. The third-order valence-corrected chi connectivity index (χ3v) is 4.55. The van der Waals surface area contributed by atoms with Crippen molar-refractivity contribution in [1.29, 1.82) is 0 Å². The van der Waals surface area contributed by atoms with E-state index >= 15 is 0 Å². The molecule has 6 nitrogen and oxygen atoms in total. The summed E-state index contributed by atoms with van der Waals surface area (Å²) >= 11 is 0. The second-order valence-corrected chi connectivity index (χ2v) is 6.34. The highest BCUT2D eigenvalue weighted by atomic mass is 32.2. The number of hydrogen-bond acceptors (Lipinski definition) is 5. The molecular formula is C11H20F3NO5S. The Balaban J connectivity index is 4.58. The third kappa shape index (κ3) is 9.64. The number of hydrogen-bond donors (Lipinski definition) is 0. The topological polar surface area (TPSA) is 72.9 Å². The minimum Gasteiger partial charge on any atom is -0.469 e. The number of nitrogens with zero attached hydrogens (tertiary/aromatic N) is 1. The fourth-order valence-electron chi connectivity index (χ4n) is 1.49. The summed E-state index contributed by atoms with van der Waals surface area (Å²) in [6.07, 6.45) is -6.24. The normalized spacial score (nSPS) is 12.7. The lowest BCUT2D eigenvalue weighted by Gasteiger charge is -2.21. The number of rotatable bonds is 10. The van der Waals surface area contributed by atoms with Crippen LogP contribution in [-0.4, -0.2) is 64.5 Å². The van der Waals surface area contributed by atoms with Gasteiger partial charge in [0.15, 0.2) is 0 Å². The molecule has 0 heterocycles. The summed E-state index contributed by atoms with van der Waals surface area (Å²) in [6.45, 7) is -0.0914. The molecule has 10 heteroatoms. The van der Waals surface area contributed by atoms with E-state index in [4.69, 9.17) is 4.74 Å². The van der Waals surface area contributed by atoms with Gasteiger partial charge in [-0.25, -0.2) is 8.42 Å². The lowest BCUT2D eigenvalue weighted by Crippen LogP contribution is -2.37. The monoisotopic (exact) mass is 335 g/mol. The summed E-state index contributed by atoms with van der Waals surface area (Å²) in [5.41, 5.74) is 0. The van der Waals surface area contributed by atoms with Gasteiger partial charge in [0.1, 0.15) is 0 Å². The van der Waals surface area contributed by atoms with Gasteiger partial charge in [0.2, 0.25) is 10.0 Å². The maximum Gasteiger partial charge on any atom is 0.389 e. The Morgan fingerprint density at radius 1 is 1.19 bits per heavy atom. The van der Waals surface area contributed by atoms with E-state index in [-0.39, 0.29) is 26.1 Å². The molecular weight excluding hydrogens is 315 g/mol. The van der Waals surface area contributed by atoms with Crippen molar-refractivity contribution >= 4 is 16.0 Å². The standard InChI is InChI=1S/C11H20F3NO5S/c1-19-8-7-15(6-4-10(16)20-2)21(17,18)9-3-5-11(12,13)14/h3-9H2,1-2H3. The van der Waals surface area contributed by atoms with E-state index in [2.05, 4.69) is 4.74 Å². The van der Waals surface area contributed by atoms with Crippen molar-refractivity contribution in [3.63, 3.8) is 0 Å². The van der Waals surface area contributed by atoms with Crippen molar-refractivity contribution < 1.29 is 35.9 Å². The largest absolute Gasteiger partial charge is 0.469 e. The number of carbonyl (C=O) groups is 1. The number of ether oxygens (including phenoxy) is 2. The Kier molecular flexibility index (Phi) is 8.83. The van der Waals surface area contributed by atoms with Crippen LogP contribution in [0.3, 0.4) is 0 Å². The molecule has 0 rings (SSSR count). The maximum absolute atomic E-state index is 12.0.